The number of hydrogen-bond acceptors (Lipinski definition) is 3. The fraction of sp³-hybridized carbons (Fsp3) is 0.500. The smallest absolute Gasteiger partial charge is 0.220 e. The monoisotopic (exact) mass is 342 g/mol. The minimum Gasteiger partial charge on any atom is -0.399 e. The summed E-state index contributed by atoms with van der Waals surface area (Å²) < 4.78 is 2.06. The van der Waals surface area contributed by atoms with Gasteiger partial charge in [0.2, 0.25) is 5.91 Å². The molecule has 0 unspecified atom stereocenters. The first kappa shape index (κ1) is 19.0. The predicted molar refractivity (Wildman–Crippen MR) is 102 cm³/mol. The third kappa shape index (κ3) is 5.62. The summed E-state index contributed by atoms with van der Waals surface area (Å²) in [4.78, 5) is 12.1. The van der Waals surface area contributed by atoms with Crippen molar-refractivity contribution >= 4 is 11.6 Å². The van der Waals surface area contributed by atoms with Crippen molar-refractivity contribution in [2.24, 2.45) is 5.92 Å². The van der Waals surface area contributed by atoms with E-state index in [1.54, 1.807) is 0 Å². The van der Waals surface area contributed by atoms with E-state index in [4.69, 9.17) is 5.73 Å². The Bertz CT molecular complexity index is 701. The molecule has 0 saturated heterocycles. The van der Waals surface area contributed by atoms with Crippen LogP contribution in [-0.4, -0.2) is 22.2 Å². The average molecular weight is 342 g/mol. The van der Waals surface area contributed by atoms with E-state index < -0.39 is 0 Å². The van der Waals surface area contributed by atoms with Crippen molar-refractivity contribution in [1.82, 2.24) is 15.1 Å². The zero-order valence-corrected chi connectivity index (χ0v) is 15.8. The van der Waals surface area contributed by atoms with Gasteiger partial charge >= 0.3 is 0 Å². The van der Waals surface area contributed by atoms with Gasteiger partial charge in [-0.1, -0.05) is 26.0 Å². The van der Waals surface area contributed by atoms with Crippen LogP contribution in [0, 0.1) is 19.8 Å². The van der Waals surface area contributed by atoms with Crippen molar-refractivity contribution in [2.75, 3.05) is 12.3 Å². The van der Waals surface area contributed by atoms with Crippen molar-refractivity contribution in [1.29, 1.82) is 0 Å². The summed E-state index contributed by atoms with van der Waals surface area (Å²) in [5, 5.41) is 7.61. The van der Waals surface area contributed by atoms with Crippen LogP contribution >= 0.6 is 0 Å². The molecule has 1 heterocycles. The fourth-order valence-corrected chi connectivity index (χ4v) is 2.98. The highest BCUT2D eigenvalue weighted by Crippen LogP contribution is 2.16. The quantitative estimate of drug-likeness (QED) is 0.724. The molecule has 0 aliphatic carbocycles. The van der Waals surface area contributed by atoms with Gasteiger partial charge in [0.15, 0.2) is 0 Å². The normalized spacial score (nSPS) is 11.1. The Hall–Kier alpha value is -2.30. The zero-order chi connectivity index (χ0) is 18.4. The van der Waals surface area contributed by atoms with Gasteiger partial charge in [-0.15, -0.1) is 0 Å². The van der Waals surface area contributed by atoms with E-state index in [1.165, 1.54) is 16.8 Å². The Labute approximate surface area is 150 Å². The van der Waals surface area contributed by atoms with Crippen LogP contribution in [0.2, 0.25) is 0 Å². The number of nitrogens with zero attached hydrogens (tertiary/aromatic N) is 2. The van der Waals surface area contributed by atoms with Crippen molar-refractivity contribution in [2.45, 2.75) is 53.5 Å². The van der Waals surface area contributed by atoms with Crippen LogP contribution in [0.25, 0.3) is 0 Å². The highest BCUT2D eigenvalue weighted by Gasteiger charge is 2.13. The maximum Gasteiger partial charge on any atom is 0.220 e. The number of amides is 1. The molecule has 5 nitrogen and oxygen atoms in total. The third-order valence-electron chi connectivity index (χ3n) is 4.39. The molecule has 25 heavy (non-hydrogen) atoms. The molecule has 3 N–H and O–H groups in total. The average Bonchev–Trinajstić information content (AvgIpc) is 2.80. The standard InChI is InChI=1S/C20H30N4O/c1-14(2)13-24-16(4)19(15(3)23-24)9-10-20(25)22-12-11-17-5-7-18(21)8-6-17/h5-8,14H,9-13,21H2,1-4H3,(H,22,25). The Morgan fingerprint density at radius 3 is 2.52 bits per heavy atom. The second-order valence-corrected chi connectivity index (χ2v) is 7.07. The molecule has 0 radical (unpaired) electrons. The number of aromatic nitrogens is 2. The number of nitrogens with two attached hydrogens (primary N) is 1. The Balaban J connectivity index is 1.80. The highest BCUT2D eigenvalue weighted by molar-refractivity contribution is 5.76. The lowest BCUT2D eigenvalue weighted by atomic mass is 10.1. The Morgan fingerprint density at radius 1 is 1.20 bits per heavy atom. The van der Waals surface area contributed by atoms with Crippen LogP contribution in [0.4, 0.5) is 5.69 Å². The molecular formula is C20H30N4O. The largest absolute Gasteiger partial charge is 0.399 e. The molecule has 0 aliphatic rings. The van der Waals surface area contributed by atoms with Crippen molar-refractivity contribution < 1.29 is 4.79 Å². The molecule has 0 spiro atoms. The van der Waals surface area contributed by atoms with E-state index in [0.717, 1.165) is 30.8 Å². The molecule has 5 heteroatoms. The Morgan fingerprint density at radius 2 is 1.88 bits per heavy atom. The number of benzene rings is 1. The highest BCUT2D eigenvalue weighted by atomic mass is 16.1. The summed E-state index contributed by atoms with van der Waals surface area (Å²) >= 11 is 0. The Kier molecular flexibility index (Phi) is 6.62. The van der Waals surface area contributed by atoms with Crippen LogP contribution < -0.4 is 11.1 Å². The maximum absolute atomic E-state index is 12.1. The first-order valence-electron chi connectivity index (χ1n) is 9.00. The fourth-order valence-electron chi connectivity index (χ4n) is 2.98. The summed E-state index contributed by atoms with van der Waals surface area (Å²) in [5.41, 5.74) is 11.0. The summed E-state index contributed by atoms with van der Waals surface area (Å²) in [6.45, 7) is 10.1. The summed E-state index contributed by atoms with van der Waals surface area (Å²) in [6.07, 6.45) is 2.05. The van der Waals surface area contributed by atoms with Gasteiger partial charge in [0.1, 0.15) is 0 Å². The van der Waals surface area contributed by atoms with Gasteiger partial charge in [0, 0.05) is 30.9 Å². The molecule has 0 bridgehead atoms. The minimum atomic E-state index is 0.0888. The summed E-state index contributed by atoms with van der Waals surface area (Å²) in [6, 6.07) is 7.77. The third-order valence-corrected chi connectivity index (χ3v) is 4.39. The van der Waals surface area contributed by atoms with Crippen LogP contribution in [0.1, 0.15) is 42.8 Å². The van der Waals surface area contributed by atoms with Gasteiger partial charge in [0.25, 0.3) is 0 Å². The molecular weight excluding hydrogens is 312 g/mol. The van der Waals surface area contributed by atoms with Gasteiger partial charge in [-0.3, -0.25) is 9.48 Å². The SMILES string of the molecule is Cc1nn(CC(C)C)c(C)c1CCC(=O)NCCc1ccc(N)cc1. The van der Waals surface area contributed by atoms with Gasteiger partial charge in [-0.25, -0.2) is 0 Å². The number of carbonyl (C=O) groups excluding carboxylic acids is 1. The second-order valence-electron chi connectivity index (χ2n) is 7.07. The van der Waals surface area contributed by atoms with Crippen LogP contribution in [0.15, 0.2) is 24.3 Å². The molecule has 0 atom stereocenters. The maximum atomic E-state index is 12.1. The molecule has 2 aromatic rings. The topological polar surface area (TPSA) is 72.9 Å². The van der Waals surface area contributed by atoms with Gasteiger partial charge in [0.05, 0.1) is 5.69 Å². The number of nitrogens with one attached hydrogen (secondary N) is 1. The molecule has 136 valence electrons. The van der Waals surface area contributed by atoms with Crippen molar-refractivity contribution in [3.8, 4) is 0 Å². The van der Waals surface area contributed by atoms with E-state index in [-0.39, 0.29) is 5.91 Å². The van der Waals surface area contributed by atoms with E-state index in [2.05, 4.69) is 35.9 Å². The first-order chi connectivity index (χ1) is 11.9. The number of carbonyl (C=O) groups is 1. The number of rotatable bonds is 8. The lowest BCUT2D eigenvalue weighted by Gasteiger charge is -2.08. The van der Waals surface area contributed by atoms with E-state index in [9.17, 15) is 4.79 Å². The molecule has 0 fully saturated rings. The molecule has 0 saturated carbocycles. The number of anilines is 1. The van der Waals surface area contributed by atoms with Crippen LogP contribution in [0.3, 0.4) is 0 Å². The molecule has 1 aromatic carbocycles. The van der Waals surface area contributed by atoms with Gasteiger partial charge < -0.3 is 11.1 Å². The second kappa shape index (κ2) is 8.70. The van der Waals surface area contributed by atoms with Crippen molar-refractivity contribution in [3.63, 3.8) is 0 Å². The van der Waals surface area contributed by atoms with Gasteiger partial charge in [-0.2, -0.15) is 5.10 Å². The summed E-state index contributed by atoms with van der Waals surface area (Å²) in [5.74, 6) is 0.647. The molecule has 1 aromatic heterocycles. The first-order valence-corrected chi connectivity index (χ1v) is 9.00. The van der Waals surface area contributed by atoms with E-state index in [1.807, 2.05) is 31.2 Å². The molecule has 0 aliphatic heterocycles. The van der Waals surface area contributed by atoms with E-state index >= 15 is 0 Å². The zero-order valence-electron chi connectivity index (χ0n) is 15.8. The number of aryl methyl sites for hydroxylation is 1. The van der Waals surface area contributed by atoms with E-state index in [0.29, 0.717) is 18.9 Å². The van der Waals surface area contributed by atoms with Crippen molar-refractivity contribution in [3.05, 3.63) is 46.8 Å². The minimum absolute atomic E-state index is 0.0888. The lowest BCUT2D eigenvalue weighted by molar-refractivity contribution is -0.121. The van der Waals surface area contributed by atoms with Gasteiger partial charge in [-0.05, 0) is 55.9 Å². The summed E-state index contributed by atoms with van der Waals surface area (Å²) in [7, 11) is 0. The van der Waals surface area contributed by atoms with Crippen LogP contribution in [-0.2, 0) is 24.2 Å². The predicted octanol–water partition coefficient (Wildman–Crippen LogP) is 3.03. The number of nitrogen functional groups attached to an aromatic ring is 1. The lowest BCUT2D eigenvalue weighted by Crippen LogP contribution is -2.26. The van der Waals surface area contributed by atoms with Crippen LogP contribution in [0.5, 0.6) is 0 Å². The number of hydrogen-bond donors (Lipinski definition) is 2. The molecule has 2 rings (SSSR count). The molecule has 1 amide bonds.